The number of nitrogens with one attached hydrogen (secondary N) is 1. The van der Waals surface area contributed by atoms with Crippen LogP contribution in [0.25, 0.3) is 0 Å². The first-order valence-electron chi connectivity index (χ1n) is 9.82. The van der Waals surface area contributed by atoms with Gasteiger partial charge in [-0.2, -0.15) is 10.2 Å². The number of anilines is 1. The lowest BCUT2D eigenvalue weighted by Crippen LogP contribution is -2.45. The van der Waals surface area contributed by atoms with Crippen molar-refractivity contribution in [3.8, 4) is 0 Å². The van der Waals surface area contributed by atoms with Crippen molar-refractivity contribution in [2.75, 3.05) is 39.1 Å². The molecule has 1 aromatic heterocycles. The Kier molecular flexibility index (Phi) is 8.00. The minimum atomic E-state index is -0.663. The number of piperidine rings is 1. The second kappa shape index (κ2) is 10.0. The molecule has 0 aliphatic carbocycles. The van der Waals surface area contributed by atoms with Crippen molar-refractivity contribution in [3.05, 3.63) is 12.4 Å². The summed E-state index contributed by atoms with van der Waals surface area (Å²) < 4.78 is 6.97. The maximum atomic E-state index is 12.6. The molecule has 1 aliphatic heterocycles. The Morgan fingerprint density at radius 1 is 1.45 bits per heavy atom. The molecule has 1 aliphatic rings. The predicted octanol–water partition coefficient (Wildman–Crippen LogP) is 1.32. The van der Waals surface area contributed by atoms with Crippen LogP contribution >= 0.6 is 0 Å². The molecule has 0 aromatic carbocycles. The average Bonchev–Trinajstić information content (AvgIpc) is 3.06. The summed E-state index contributed by atoms with van der Waals surface area (Å²) in [4.78, 5) is 31.5. The third-order valence-electron chi connectivity index (χ3n) is 4.52. The van der Waals surface area contributed by atoms with Gasteiger partial charge in [-0.25, -0.2) is 4.79 Å². The SMILES string of the molecule is CON(C)C[C@H](O)Cn1cc(NC(=O)[C@H]2CCCN(C(=O)OC(C)(C)C)C2)cn1. The zero-order valence-corrected chi connectivity index (χ0v) is 17.9. The van der Waals surface area contributed by atoms with Gasteiger partial charge in [0.1, 0.15) is 5.60 Å². The summed E-state index contributed by atoms with van der Waals surface area (Å²) in [5, 5.41) is 18.6. The molecule has 0 spiro atoms. The van der Waals surface area contributed by atoms with Gasteiger partial charge in [-0.1, -0.05) is 0 Å². The number of likely N-dealkylation sites (N-methyl/N-ethyl adjacent to an activating group) is 1. The van der Waals surface area contributed by atoms with Crippen molar-refractivity contribution < 1.29 is 24.3 Å². The van der Waals surface area contributed by atoms with Crippen LogP contribution in [-0.2, 0) is 20.9 Å². The Bertz CT molecular complexity index is 687. The molecule has 164 valence electrons. The van der Waals surface area contributed by atoms with Crippen LogP contribution in [0, 0.1) is 5.92 Å². The van der Waals surface area contributed by atoms with Gasteiger partial charge in [0.15, 0.2) is 0 Å². The lowest BCUT2D eigenvalue weighted by Gasteiger charge is -2.33. The van der Waals surface area contributed by atoms with Crippen LogP contribution in [0.4, 0.5) is 10.5 Å². The number of aliphatic hydroxyl groups is 1. The molecule has 1 saturated heterocycles. The minimum absolute atomic E-state index is 0.155. The van der Waals surface area contributed by atoms with Crippen LogP contribution in [0.15, 0.2) is 12.4 Å². The largest absolute Gasteiger partial charge is 0.444 e. The molecule has 2 N–H and O–H groups in total. The molecule has 0 unspecified atom stereocenters. The van der Waals surface area contributed by atoms with Crippen molar-refractivity contribution in [1.29, 1.82) is 0 Å². The lowest BCUT2D eigenvalue weighted by molar-refractivity contribution is -0.129. The number of carbonyl (C=O) groups is 2. The van der Waals surface area contributed by atoms with E-state index in [2.05, 4.69) is 10.4 Å². The van der Waals surface area contributed by atoms with Crippen molar-refractivity contribution >= 4 is 17.7 Å². The van der Waals surface area contributed by atoms with E-state index in [0.29, 0.717) is 31.7 Å². The van der Waals surface area contributed by atoms with Gasteiger partial charge in [-0.3, -0.25) is 9.48 Å². The summed E-state index contributed by atoms with van der Waals surface area (Å²) in [5.41, 5.74) is -0.0135. The molecule has 2 atom stereocenters. The first-order valence-corrected chi connectivity index (χ1v) is 9.82. The maximum absolute atomic E-state index is 12.6. The third-order valence-corrected chi connectivity index (χ3v) is 4.52. The first kappa shape index (κ1) is 23.1. The zero-order chi connectivity index (χ0) is 21.6. The number of hydroxylamine groups is 2. The van der Waals surface area contributed by atoms with Crippen LogP contribution in [0.2, 0.25) is 0 Å². The number of nitrogens with zero attached hydrogens (tertiary/aromatic N) is 4. The summed E-state index contributed by atoms with van der Waals surface area (Å²) in [6.07, 6.45) is 3.61. The van der Waals surface area contributed by atoms with E-state index >= 15 is 0 Å². The molecule has 10 heteroatoms. The highest BCUT2D eigenvalue weighted by Gasteiger charge is 2.31. The number of ether oxygens (including phenoxy) is 1. The zero-order valence-electron chi connectivity index (χ0n) is 17.9. The molecule has 2 amide bonds. The van der Waals surface area contributed by atoms with Crippen LogP contribution in [-0.4, -0.2) is 82.3 Å². The van der Waals surface area contributed by atoms with Gasteiger partial charge in [0, 0.05) is 26.3 Å². The van der Waals surface area contributed by atoms with E-state index in [4.69, 9.17) is 9.57 Å². The molecule has 10 nitrogen and oxygen atoms in total. The summed E-state index contributed by atoms with van der Waals surface area (Å²) in [6, 6.07) is 0. The van der Waals surface area contributed by atoms with Crippen LogP contribution in [0.5, 0.6) is 0 Å². The molecule has 2 heterocycles. The van der Waals surface area contributed by atoms with E-state index in [9.17, 15) is 14.7 Å². The normalized spacial score (nSPS) is 18.6. The second-order valence-electron chi connectivity index (χ2n) is 8.35. The number of aromatic nitrogens is 2. The van der Waals surface area contributed by atoms with Crippen molar-refractivity contribution in [1.82, 2.24) is 19.7 Å². The Hall–Kier alpha value is -2.17. The van der Waals surface area contributed by atoms with E-state index in [0.717, 1.165) is 6.42 Å². The third kappa shape index (κ3) is 7.64. The fourth-order valence-electron chi connectivity index (χ4n) is 3.10. The second-order valence-corrected chi connectivity index (χ2v) is 8.35. The maximum Gasteiger partial charge on any atom is 0.410 e. The van der Waals surface area contributed by atoms with Crippen LogP contribution in [0.3, 0.4) is 0 Å². The summed E-state index contributed by atoms with van der Waals surface area (Å²) >= 11 is 0. The Labute approximate surface area is 171 Å². The number of amides is 2. The highest BCUT2D eigenvalue weighted by molar-refractivity contribution is 5.92. The molecule has 29 heavy (non-hydrogen) atoms. The first-order chi connectivity index (χ1) is 13.6. The number of likely N-dealkylation sites (tertiary alicyclic amines) is 1. The van der Waals surface area contributed by atoms with E-state index in [1.807, 2.05) is 20.8 Å². The van der Waals surface area contributed by atoms with Gasteiger partial charge in [-0.15, -0.1) is 0 Å². The molecule has 1 fully saturated rings. The monoisotopic (exact) mass is 411 g/mol. The molecule has 1 aromatic rings. The van der Waals surface area contributed by atoms with E-state index < -0.39 is 17.8 Å². The fourth-order valence-corrected chi connectivity index (χ4v) is 3.10. The summed E-state index contributed by atoms with van der Waals surface area (Å²) in [5.74, 6) is -0.460. The Morgan fingerprint density at radius 3 is 2.83 bits per heavy atom. The predicted molar refractivity (Wildman–Crippen MR) is 107 cm³/mol. The fraction of sp³-hybridized carbons (Fsp3) is 0.737. The van der Waals surface area contributed by atoms with Crippen molar-refractivity contribution in [3.63, 3.8) is 0 Å². The number of hydrogen-bond acceptors (Lipinski definition) is 7. The molecular formula is C19H33N5O5. The smallest absolute Gasteiger partial charge is 0.410 e. The Balaban J connectivity index is 1.87. The highest BCUT2D eigenvalue weighted by atomic mass is 16.7. The van der Waals surface area contributed by atoms with Crippen molar-refractivity contribution in [2.24, 2.45) is 5.92 Å². The van der Waals surface area contributed by atoms with Gasteiger partial charge < -0.3 is 24.9 Å². The van der Waals surface area contributed by atoms with E-state index in [-0.39, 0.29) is 18.4 Å². The lowest BCUT2D eigenvalue weighted by atomic mass is 9.97. The number of rotatable bonds is 7. The van der Waals surface area contributed by atoms with Crippen molar-refractivity contribution in [2.45, 2.75) is 51.9 Å². The Morgan fingerprint density at radius 2 is 2.17 bits per heavy atom. The van der Waals surface area contributed by atoms with Crippen LogP contribution < -0.4 is 5.32 Å². The molecule has 2 rings (SSSR count). The van der Waals surface area contributed by atoms with E-state index in [1.54, 1.807) is 29.0 Å². The number of aliphatic hydroxyl groups excluding tert-OH is 1. The number of hydrogen-bond donors (Lipinski definition) is 2. The van der Waals surface area contributed by atoms with Crippen LogP contribution in [0.1, 0.15) is 33.6 Å². The van der Waals surface area contributed by atoms with Gasteiger partial charge in [-0.05, 0) is 33.6 Å². The van der Waals surface area contributed by atoms with Gasteiger partial charge in [0.25, 0.3) is 0 Å². The molecule has 0 bridgehead atoms. The highest BCUT2D eigenvalue weighted by Crippen LogP contribution is 2.21. The average molecular weight is 412 g/mol. The molecule has 0 radical (unpaired) electrons. The topological polar surface area (TPSA) is 109 Å². The summed E-state index contributed by atoms with van der Waals surface area (Å²) in [7, 11) is 3.26. The van der Waals surface area contributed by atoms with Gasteiger partial charge in [0.05, 0.1) is 44.1 Å². The van der Waals surface area contributed by atoms with E-state index in [1.165, 1.54) is 12.2 Å². The minimum Gasteiger partial charge on any atom is -0.444 e. The number of carbonyl (C=O) groups excluding carboxylic acids is 2. The summed E-state index contributed by atoms with van der Waals surface area (Å²) in [6.45, 7) is 6.99. The van der Waals surface area contributed by atoms with Gasteiger partial charge in [0.2, 0.25) is 5.91 Å². The van der Waals surface area contributed by atoms with Gasteiger partial charge >= 0.3 is 6.09 Å². The molecular weight excluding hydrogens is 378 g/mol. The quantitative estimate of drug-likeness (QED) is 0.651. The standard InChI is InChI=1S/C19H33N5O5/c1-19(2,3)29-18(27)23-8-6-7-14(10-23)17(26)21-15-9-20-24(11-15)13-16(25)12-22(4)28-5/h9,11,14,16,25H,6-8,10,12-13H2,1-5H3,(H,21,26)/t14-,16-/m0/s1. The molecule has 0 saturated carbocycles.